The first-order valence-electron chi connectivity index (χ1n) is 11.4. The number of hydrogen-bond acceptors (Lipinski definition) is 7. The van der Waals surface area contributed by atoms with Gasteiger partial charge in [0.25, 0.3) is 0 Å². The van der Waals surface area contributed by atoms with Crippen LogP contribution < -0.4 is 9.64 Å². The van der Waals surface area contributed by atoms with Crippen molar-refractivity contribution in [2.75, 3.05) is 10.7 Å². The molecule has 1 amide bonds. The van der Waals surface area contributed by atoms with Crippen LogP contribution in [0.4, 0.5) is 18.9 Å². The number of amides is 1. The van der Waals surface area contributed by atoms with Crippen molar-refractivity contribution in [3.05, 3.63) is 89.2 Å². The minimum atomic E-state index is -4.75. The summed E-state index contributed by atoms with van der Waals surface area (Å²) in [5.74, 6) is 0.241. The van der Waals surface area contributed by atoms with Crippen LogP contribution in [0.2, 0.25) is 5.02 Å². The van der Waals surface area contributed by atoms with Crippen molar-refractivity contribution in [1.29, 1.82) is 0 Å². The normalized spacial score (nSPS) is 15.1. The molecule has 0 spiro atoms. The van der Waals surface area contributed by atoms with Crippen LogP contribution in [-0.4, -0.2) is 44.2 Å². The summed E-state index contributed by atoms with van der Waals surface area (Å²) in [6.45, 7) is 1.88. The fourth-order valence-electron chi connectivity index (χ4n) is 3.75. The fraction of sp³-hybridized carbons (Fsp3) is 0.115. The Labute approximate surface area is 229 Å². The van der Waals surface area contributed by atoms with Gasteiger partial charge in [-0.15, -0.1) is 23.4 Å². The highest BCUT2D eigenvalue weighted by Crippen LogP contribution is 2.35. The Hall–Kier alpha value is -4.16. The average molecular weight is 571 g/mol. The van der Waals surface area contributed by atoms with Gasteiger partial charge in [-0.05, 0) is 48.4 Å². The molecule has 0 saturated carbocycles. The van der Waals surface area contributed by atoms with E-state index < -0.39 is 6.36 Å². The number of anilines is 1. The van der Waals surface area contributed by atoms with E-state index in [1.165, 1.54) is 51.9 Å². The number of benzene rings is 3. The van der Waals surface area contributed by atoms with Crippen LogP contribution >= 0.6 is 23.4 Å². The monoisotopic (exact) mass is 570 g/mol. The minimum Gasteiger partial charge on any atom is -0.406 e. The van der Waals surface area contributed by atoms with Crippen LogP contribution in [0.25, 0.3) is 17.1 Å². The van der Waals surface area contributed by atoms with Crippen LogP contribution in [0, 0.1) is 6.92 Å². The molecule has 198 valence electrons. The lowest BCUT2D eigenvalue weighted by Gasteiger charge is -2.19. The molecule has 1 fully saturated rings. The molecule has 1 aliphatic rings. The van der Waals surface area contributed by atoms with Crippen molar-refractivity contribution in [2.45, 2.75) is 13.3 Å². The molecule has 1 saturated heterocycles. The average Bonchev–Trinajstić information content (AvgIpc) is 3.52. The maximum absolute atomic E-state index is 12.5. The number of hydrogen-bond donors (Lipinski definition) is 0. The van der Waals surface area contributed by atoms with Crippen molar-refractivity contribution in [2.24, 2.45) is 10.2 Å². The van der Waals surface area contributed by atoms with Gasteiger partial charge in [-0.1, -0.05) is 59.8 Å². The summed E-state index contributed by atoms with van der Waals surface area (Å²) in [7, 11) is 0. The van der Waals surface area contributed by atoms with Gasteiger partial charge in [0, 0.05) is 5.56 Å². The molecular formula is C26H18ClF3N6O2S. The fourth-order valence-corrected chi connectivity index (χ4v) is 4.86. The van der Waals surface area contributed by atoms with E-state index in [1.807, 2.05) is 43.3 Å². The largest absolute Gasteiger partial charge is 0.573 e. The molecule has 39 heavy (non-hydrogen) atoms. The van der Waals surface area contributed by atoms with E-state index in [1.54, 1.807) is 12.3 Å². The number of aromatic nitrogens is 3. The highest BCUT2D eigenvalue weighted by Gasteiger charge is 2.32. The number of carbonyl (C=O) groups excluding carboxylic acids is 1. The molecule has 8 nitrogen and oxygen atoms in total. The maximum Gasteiger partial charge on any atom is 0.573 e. The first kappa shape index (κ1) is 26.4. The standard InChI is InChI=1S/C26H18ClF3N6O2S/c1-16-3-2-4-21(27)23(16)36-22(37)14-39-25(36)33-32-13-17-5-7-18(8-6-17)24-31-15-35(34-24)19-9-11-20(12-10-19)38-26(28,29)30/h2-13,15H,14H2,1H3/b32-13+,33-25-. The SMILES string of the molecule is Cc1cccc(Cl)c1N1C(=O)CS/C1=N\N=C\c1ccc(-c2ncn(-c3ccc(OC(F)(F)F)cc3)n2)cc1. The zero-order valence-electron chi connectivity index (χ0n) is 20.1. The second kappa shape index (κ2) is 10.9. The van der Waals surface area contributed by atoms with E-state index in [2.05, 4.69) is 25.0 Å². The molecule has 0 aliphatic carbocycles. The second-order valence-electron chi connectivity index (χ2n) is 8.23. The summed E-state index contributed by atoms with van der Waals surface area (Å²) in [5.41, 5.74) is 3.47. The summed E-state index contributed by atoms with van der Waals surface area (Å²) in [6.07, 6.45) is -1.72. The third-order valence-corrected chi connectivity index (χ3v) is 6.74. The van der Waals surface area contributed by atoms with Gasteiger partial charge in [-0.2, -0.15) is 5.10 Å². The summed E-state index contributed by atoms with van der Waals surface area (Å²) < 4.78 is 42.4. The number of para-hydroxylation sites is 1. The van der Waals surface area contributed by atoms with Crippen LogP contribution in [0.3, 0.4) is 0 Å². The molecule has 5 rings (SSSR count). The predicted octanol–water partition coefficient (Wildman–Crippen LogP) is 6.26. The number of thioether (sulfide) groups is 1. The van der Waals surface area contributed by atoms with Gasteiger partial charge in [0.1, 0.15) is 12.1 Å². The Balaban J connectivity index is 1.27. The van der Waals surface area contributed by atoms with Crippen LogP contribution in [0.15, 0.2) is 83.3 Å². The van der Waals surface area contributed by atoms with E-state index in [-0.39, 0.29) is 17.4 Å². The van der Waals surface area contributed by atoms with Gasteiger partial charge in [0.2, 0.25) is 5.91 Å². The molecule has 0 N–H and O–H groups in total. The summed E-state index contributed by atoms with van der Waals surface area (Å²) >= 11 is 7.64. The van der Waals surface area contributed by atoms with E-state index >= 15 is 0 Å². The third-order valence-electron chi connectivity index (χ3n) is 5.52. The summed E-state index contributed by atoms with van der Waals surface area (Å²) in [5, 5.41) is 13.7. The molecule has 0 unspecified atom stereocenters. The quantitative estimate of drug-likeness (QED) is 0.202. The van der Waals surface area contributed by atoms with Crippen LogP contribution in [0.5, 0.6) is 5.75 Å². The van der Waals surface area contributed by atoms with Crippen LogP contribution in [-0.2, 0) is 4.79 Å². The Morgan fingerprint density at radius 3 is 2.51 bits per heavy atom. The number of nitrogens with zero attached hydrogens (tertiary/aromatic N) is 6. The number of alkyl halides is 3. The minimum absolute atomic E-state index is 0.118. The lowest BCUT2D eigenvalue weighted by Crippen LogP contribution is -2.30. The number of aryl methyl sites for hydroxylation is 1. The van der Waals surface area contributed by atoms with Gasteiger partial charge < -0.3 is 4.74 Å². The number of amidine groups is 1. The van der Waals surface area contributed by atoms with E-state index in [0.29, 0.717) is 27.4 Å². The smallest absolute Gasteiger partial charge is 0.406 e. The van der Waals surface area contributed by atoms with Gasteiger partial charge in [-0.25, -0.2) is 9.67 Å². The first-order valence-corrected chi connectivity index (χ1v) is 12.7. The van der Waals surface area contributed by atoms with Gasteiger partial charge >= 0.3 is 6.36 Å². The summed E-state index contributed by atoms with van der Waals surface area (Å²) in [6, 6.07) is 18.0. The molecule has 4 aromatic rings. The topological polar surface area (TPSA) is 85.0 Å². The third kappa shape index (κ3) is 6.13. The van der Waals surface area contributed by atoms with Gasteiger partial charge in [-0.3, -0.25) is 9.69 Å². The highest BCUT2D eigenvalue weighted by molar-refractivity contribution is 8.15. The highest BCUT2D eigenvalue weighted by atomic mass is 35.5. The van der Waals surface area contributed by atoms with Gasteiger partial charge in [0.15, 0.2) is 11.0 Å². The molecule has 0 radical (unpaired) electrons. The van der Waals surface area contributed by atoms with Crippen molar-refractivity contribution >= 4 is 46.3 Å². The number of carbonyl (C=O) groups is 1. The number of rotatable bonds is 6. The van der Waals surface area contributed by atoms with Crippen molar-refractivity contribution in [3.8, 4) is 22.8 Å². The molecule has 2 heterocycles. The predicted molar refractivity (Wildman–Crippen MR) is 145 cm³/mol. The van der Waals surface area contributed by atoms with E-state index in [9.17, 15) is 18.0 Å². The zero-order chi connectivity index (χ0) is 27.6. The van der Waals surface area contributed by atoms with E-state index in [4.69, 9.17) is 11.6 Å². The second-order valence-corrected chi connectivity index (χ2v) is 9.58. The molecule has 13 heteroatoms. The Morgan fingerprint density at radius 1 is 1.08 bits per heavy atom. The maximum atomic E-state index is 12.5. The molecule has 0 bridgehead atoms. The lowest BCUT2D eigenvalue weighted by atomic mass is 10.1. The van der Waals surface area contributed by atoms with Crippen molar-refractivity contribution in [3.63, 3.8) is 0 Å². The molecule has 1 aromatic heterocycles. The number of halogens is 4. The zero-order valence-corrected chi connectivity index (χ0v) is 21.7. The lowest BCUT2D eigenvalue weighted by molar-refractivity contribution is -0.274. The molecule has 0 atom stereocenters. The molecule has 3 aromatic carbocycles. The van der Waals surface area contributed by atoms with Crippen molar-refractivity contribution < 1.29 is 22.7 Å². The van der Waals surface area contributed by atoms with E-state index in [0.717, 1.165) is 16.7 Å². The molecule has 1 aliphatic heterocycles. The Kier molecular flexibility index (Phi) is 7.40. The first-order chi connectivity index (χ1) is 18.7. The Bertz CT molecular complexity index is 1550. The molecular weight excluding hydrogens is 553 g/mol. The number of ether oxygens (including phenoxy) is 1. The van der Waals surface area contributed by atoms with Crippen molar-refractivity contribution in [1.82, 2.24) is 14.8 Å². The Morgan fingerprint density at radius 2 is 1.82 bits per heavy atom. The van der Waals surface area contributed by atoms with Crippen LogP contribution in [0.1, 0.15) is 11.1 Å². The summed E-state index contributed by atoms with van der Waals surface area (Å²) in [4.78, 5) is 18.3. The van der Waals surface area contributed by atoms with Gasteiger partial charge in [0.05, 0.1) is 28.4 Å².